The third kappa shape index (κ3) is 1.95. The molecule has 1 atom stereocenters. The molecule has 1 aromatic heterocycles. The molecule has 3 heteroatoms. The van der Waals surface area contributed by atoms with Gasteiger partial charge < -0.3 is 5.32 Å². The summed E-state index contributed by atoms with van der Waals surface area (Å²) >= 11 is 0. The van der Waals surface area contributed by atoms with Crippen molar-refractivity contribution in [2.24, 2.45) is 5.92 Å². The monoisotopic (exact) mass is 215 g/mol. The number of piperidine rings is 1. The first-order valence-electron chi connectivity index (χ1n) is 6.04. The lowest BCUT2D eigenvalue weighted by Gasteiger charge is -2.22. The first kappa shape index (κ1) is 9.85. The van der Waals surface area contributed by atoms with Crippen LogP contribution in [0.5, 0.6) is 0 Å². The number of nitrogens with one attached hydrogen (secondary N) is 2. The molecule has 1 aliphatic rings. The summed E-state index contributed by atoms with van der Waals surface area (Å²) in [6, 6.07) is 6.61. The predicted octanol–water partition coefficient (Wildman–Crippen LogP) is 2.10. The molecule has 84 valence electrons. The zero-order valence-electron chi connectivity index (χ0n) is 9.37. The summed E-state index contributed by atoms with van der Waals surface area (Å²) in [5, 5.41) is 11.7. The van der Waals surface area contributed by atoms with Crippen LogP contribution in [0.25, 0.3) is 10.9 Å². The van der Waals surface area contributed by atoms with Gasteiger partial charge in [0.25, 0.3) is 0 Å². The fraction of sp³-hybridized carbons (Fsp3) is 0.462. The van der Waals surface area contributed by atoms with Crippen LogP contribution in [0.4, 0.5) is 0 Å². The van der Waals surface area contributed by atoms with E-state index in [0.717, 1.165) is 11.4 Å². The standard InChI is InChI=1S/C13H17N3/c1-2-11(8-14-5-1)6-10-3-4-13-12(7-10)9-15-16-13/h3-4,7,9,11,14H,1-2,5-6,8H2,(H,15,16). The highest BCUT2D eigenvalue weighted by Crippen LogP contribution is 2.19. The van der Waals surface area contributed by atoms with E-state index in [2.05, 4.69) is 33.7 Å². The van der Waals surface area contributed by atoms with Gasteiger partial charge in [-0.15, -0.1) is 0 Å². The highest BCUT2D eigenvalue weighted by Gasteiger charge is 2.13. The molecule has 3 rings (SSSR count). The molecule has 0 bridgehead atoms. The number of H-pyrrole nitrogens is 1. The smallest absolute Gasteiger partial charge is 0.0650 e. The third-order valence-corrected chi connectivity index (χ3v) is 3.43. The SMILES string of the molecule is c1cc2[nH]ncc2cc1CC1CCCNC1. The number of hydrogen-bond donors (Lipinski definition) is 2. The second-order valence-corrected chi connectivity index (χ2v) is 4.71. The van der Waals surface area contributed by atoms with Gasteiger partial charge >= 0.3 is 0 Å². The molecule has 1 aliphatic heterocycles. The molecule has 3 nitrogen and oxygen atoms in total. The Labute approximate surface area is 95.2 Å². The van der Waals surface area contributed by atoms with Crippen LogP contribution in [0.2, 0.25) is 0 Å². The molecule has 1 fully saturated rings. The highest BCUT2D eigenvalue weighted by atomic mass is 15.1. The van der Waals surface area contributed by atoms with Crippen LogP contribution in [-0.2, 0) is 6.42 Å². The van der Waals surface area contributed by atoms with E-state index in [0.29, 0.717) is 0 Å². The van der Waals surface area contributed by atoms with Crippen LogP contribution in [0.15, 0.2) is 24.4 Å². The second kappa shape index (κ2) is 4.26. The first-order valence-corrected chi connectivity index (χ1v) is 6.04. The zero-order valence-corrected chi connectivity index (χ0v) is 9.37. The molecule has 2 N–H and O–H groups in total. The second-order valence-electron chi connectivity index (χ2n) is 4.71. The van der Waals surface area contributed by atoms with Gasteiger partial charge in [0.05, 0.1) is 11.7 Å². The van der Waals surface area contributed by atoms with Crippen LogP contribution in [0.1, 0.15) is 18.4 Å². The maximum atomic E-state index is 4.05. The summed E-state index contributed by atoms with van der Waals surface area (Å²) < 4.78 is 0. The van der Waals surface area contributed by atoms with Gasteiger partial charge in [-0.25, -0.2) is 0 Å². The van der Waals surface area contributed by atoms with Crippen molar-refractivity contribution in [3.05, 3.63) is 30.0 Å². The lowest BCUT2D eigenvalue weighted by molar-refractivity contribution is 0.376. The van der Waals surface area contributed by atoms with Crippen molar-refractivity contribution in [1.82, 2.24) is 15.5 Å². The zero-order chi connectivity index (χ0) is 10.8. The fourth-order valence-electron chi connectivity index (χ4n) is 2.55. The predicted molar refractivity (Wildman–Crippen MR) is 65.4 cm³/mol. The number of fused-ring (bicyclic) bond motifs is 1. The van der Waals surface area contributed by atoms with Crippen LogP contribution in [-0.4, -0.2) is 23.3 Å². The van der Waals surface area contributed by atoms with Crippen molar-refractivity contribution in [3.63, 3.8) is 0 Å². The lowest BCUT2D eigenvalue weighted by Crippen LogP contribution is -2.30. The fourth-order valence-corrected chi connectivity index (χ4v) is 2.55. The number of nitrogens with zero attached hydrogens (tertiary/aromatic N) is 1. The number of rotatable bonds is 2. The van der Waals surface area contributed by atoms with Gasteiger partial charge in [-0.1, -0.05) is 6.07 Å². The van der Waals surface area contributed by atoms with E-state index in [1.807, 2.05) is 6.20 Å². The van der Waals surface area contributed by atoms with Gasteiger partial charge in [0.15, 0.2) is 0 Å². The number of hydrogen-bond acceptors (Lipinski definition) is 2. The van der Waals surface area contributed by atoms with Crippen LogP contribution in [0, 0.1) is 5.92 Å². The Morgan fingerprint density at radius 2 is 2.38 bits per heavy atom. The van der Waals surface area contributed by atoms with Gasteiger partial charge in [-0.2, -0.15) is 5.10 Å². The maximum Gasteiger partial charge on any atom is 0.0650 e. The van der Waals surface area contributed by atoms with Crippen molar-refractivity contribution in [3.8, 4) is 0 Å². The molecule has 2 aromatic rings. The van der Waals surface area contributed by atoms with Crippen molar-refractivity contribution < 1.29 is 0 Å². The lowest BCUT2D eigenvalue weighted by atomic mass is 9.92. The van der Waals surface area contributed by atoms with Gasteiger partial charge in [0.1, 0.15) is 0 Å². The molecule has 2 heterocycles. The molecule has 16 heavy (non-hydrogen) atoms. The Bertz CT molecular complexity index is 469. The average molecular weight is 215 g/mol. The molecular weight excluding hydrogens is 198 g/mol. The Morgan fingerprint density at radius 3 is 3.25 bits per heavy atom. The normalized spacial score (nSPS) is 21.4. The minimum absolute atomic E-state index is 0.804. The summed E-state index contributed by atoms with van der Waals surface area (Å²) in [4.78, 5) is 0. The average Bonchev–Trinajstić information content (AvgIpc) is 2.77. The Morgan fingerprint density at radius 1 is 1.38 bits per heavy atom. The quantitative estimate of drug-likeness (QED) is 0.805. The van der Waals surface area contributed by atoms with Crippen LogP contribution >= 0.6 is 0 Å². The van der Waals surface area contributed by atoms with E-state index in [9.17, 15) is 0 Å². The Balaban J connectivity index is 1.77. The van der Waals surface area contributed by atoms with E-state index in [-0.39, 0.29) is 0 Å². The Hall–Kier alpha value is -1.35. The minimum atomic E-state index is 0.804. The number of benzene rings is 1. The topological polar surface area (TPSA) is 40.7 Å². The van der Waals surface area contributed by atoms with Gasteiger partial charge in [-0.3, -0.25) is 5.10 Å². The van der Waals surface area contributed by atoms with E-state index in [4.69, 9.17) is 0 Å². The summed E-state index contributed by atoms with van der Waals surface area (Å²) in [5.41, 5.74) is 2.56. The molecule has 1 aromatic carbocycles. The van der Waals surface area contributed by atoms with Crippen molar-refractivity contribution in [2.75, 3.05) is 13.1 Å². The van der Waals surface area contributed by atoms with Crippen molar-refractivity contribution in [1.29, 1.82) is 0 Å². The van der Waals surface area contributed by atoms with E-state index < -0.39 is 0 Å². The van der Waals surface area contributed by atoms with E-state index in [1.54, 1.807) is 0 Å². The summed E-state index contributed by atoms with van der Waals surface area (Å²) in [7, 11) is 0. The molecule has 0 saturated carbocycles. The number of aromatic amines is 1. The van der Waals surface area contributed by atoms with Crippen LogP contribution in [0.3, 0.4) is 0 Å². The molecule has 0 amide bonds. The van der Waals surface area contributed by atoms with Gasteiger partial charge in [0.2, 0.25) is 0 Å². The maximum absolute atomic E-state index is 4.05. The third-order valence-electron chi connectivity index (χ3n) is 3.43. The van der Waals surface area contributed by atoms with Crippen LogP contribution < -0.4 is 5.32 Å². The minimum Gasteiger partial charge on any atom is -0.316 e. The van der Waals surface area contributed by atoms with Crippen molar-refractivity contribution in [2.45, 2.75) is 19.3 Å². The van der Waals surface area contributed by atoms with Gasteiger partial charge in [-0.05, 0) is 56.0 Å². The summed E-state index contributed by atoms with van der Waals surface area (Å²) in [6.45, 7) is 2.36. The highest BCUT2D eigenvalue weighted by molar-refractivity contribution is 5.78. The summed E-state index contributed by atoms with van der Waals surface area (Å²) in [5.74, 6) is 0.804. The molecule has 1 unspecified atom stereocenters. The molecular formula is C13H17N3. The van der Waals surface area contributed by atoms with Crippen molar-refractivity contribution >= 4 is 10.9 Å². The molecule has 1 saturated heterocycles. The molecule has 0 aliphatic carbocycles. The number of aromatic nitrogens is 2. The largest absolute Gasteiger partial charge is 0.316 e. The molecule has 0 radical (unpaired) electrons. The van der Waals surface area contributed by atoms with E-state index >= 15 is 0 Å². The molecule has 0 spiro atoms. The van der Waals surface area contributed by atoms with Gasteiger partial charge in [0, 0.05) is 5.39 Å². The summed E-state index contributed by atoms with van der Waals surface area (Å²) in [6.07, 6.45) is 5.76. The first-order chi connectivity index (χ1) is 7.92. The van der Waals surface area contributed by atoms with E-state index in [1.165, 1.54) is 43.3 Å². The Kier molecular flexibility index (Phi) is 2.62.